The van der Waals surface area contributed by atoms with Crippen molar-refractivity contribution in [1.29, 1.82) is 0 Å². The van der Waals surface area contributed by atoms with Crippen molar-refractivity contribution in [2.24, 2.45) is 5.92 Å². The Balaban J connectivity index is 1.92. The third kappa shape index (κ3) is 4.13. The molecule has 22 heavy (non-hydrogen) atoms. The Hall–Kier alpha value is -2.24. The molecule has 0 aromatic heterocycles. The smallest absolute Gasteiger partial charge is 0.409 e. The number of anilines is 1. The number of carbonyl (C=O) groups is 2. The van der Waals surface area contributed by atoms with Gasteiger partial charge in [0.25, 0.3) is 0 Å². The zero-order valence-electron chi connectivity index (χ0n) is 13.0. The molecule has 0 radical (unpaired) electrons. The van der Waals surface area contributed by atoms with Gasteiger partial charge in [-0.25, -0.2) is 4.79 Å². The Morgan fingerprint density at radius 2 is 2.05 bits per heavy atom. The van der Waals surface area contributed by atoms with Crippen LogP contribution in [0.5, 0.6) is 5.75 Å². The van der Waals surface area contributed by atoms with E-state index in [2.05, 4.69) is 5.32 Å². The molecule has 0 spiro atoms. The van der Waals surface area contributed by atoms with Gasteiger partial charge in [0.1, 0.15) is 5.75 Å². The average molecular weight is 306 g/mol. The number of rotatable bonds is 4. The van der Waals surface area contributed by atoms with E-state index in [1.54, 1.807) is 4.90 Å². The molecule has 1 saturated heterocycles. The summed E-state index contributed by atoms with van der Waals surface area (Å²) in [7, 11) is 1.35. The maximum Gasteiger partial charge on any atom is 0.409 e. The van der Waals surface area contributed by atoms with Gasteiger partial charge in [0.2, 0.25) is 5.91 Å². The van der Waals surface area contributed by atoms with Crippen molar-refractivity contribution in [2.45, 2.75) is 19.8 Å². The highest BCUT2D eigenvalue weighted by Crippen LogP contribution is 2.20. The summed E-state index contributed by atoms with van der Waals surface area (Å²) < 4.78 is 10.1. The van der Waals surface area contributed by atoms with Crippen LogP contribution in [-0.2, 0) is 9.53 Å². The van der Waals surface area contributed by atoms with Gasteiger partial charge in [-0.05, 0) is 44.0 Å². The van der Waals surface area contributed by atoms with Crippen LogP contribution in [0.4, 0.5) is 10.5 Å². The van der Waals surface area contributed by atoms with Crippen LogP contribution >= 0.6 is 0 Å². The van der Waals surface area contributed by atoms with Crippen LogP contribution in [0.3, 0.4) is 0 Å². The van der Waals surface area contributed by atoms with Gasteiger partial charge in [-0.1, -0.05) is 0 Å². The van der Waals surface area contributed by atoms with E-state index in [9.17, 15) is 9.59 Å². The van der Waals surface area contributed by atoms with Gasteiger partial charge in [-0.2, -0.15) is 0 Å². The van der Waals surface area contributed by atoms with Crippen LogP contribution in [0.2, 0.25) is 0 Å². The van der Waals surface area contributed by atoms with Crippen molar-refractivity contribution in [3.63, 3.8) is 0 Å². The molecular formula is C16H22N2O4. The molecule has 1 heterocycles. The molecule has 0 bridgehead atoms. The van der Waals surface area contributed by atoms with Crippen molar-refractivity contribution < 1.29 is 19.1 Å². The monoisotopic (exact) mass is 306 g/mol. The molecule has 1 atom stereocenters. The Bertz CT molecular complexity index is 515. The highest BCUT2D eigenvalue weighted by molar-refractivity contribution is 5.93. The van der Waals surface area contributed by atoms with Crippen molar-refractivity contribution >= 4 is 17.7 Å². The predicted molar refractivity (Wildman–Crippen MR) is 82.9 cm³/mol. The van der Waals surface area contributed by atoms with Crippen LogP contribution in [0, 0.1) is 5.92 Å². The number of likely N-dealkylation sites (tertiary alicyclic amines) is 1. The SMILES string of the molecule is CCOc1ccc(NC(=O)C2CCCN(C(=O)OC)C2)cc1. The van der Waals surface area contributed by atoms with Crippen LogP contribution in [0.15, 0.2) is 24.3 Å². The summed E-state index contributed by atoms with van der Waals surface area (Å²) in [5.74, 6) is 0.493. The van der Waals surface area contributed by atoms with E-state index in [4.69, 9.17) is 9.47 Å². The first-order valence-corrected chi connectivity index (χ1v) is 7.50. The molecule has 1 fully saturated rings. The maximum absolute atomic E-state index is 12.3. The highest BCUT2D eigenvalue weighted by Gasteiger charge is 2.28. The van der Waals surface area contributed by atoms with Crippen molar-refractivity contribution in [2.75, 3.05) is 32.1 Å². The number of benzene rings is 1. The first kappa shape index (κ1) is 16.1. The molecule has 120 valence electrons. The fraction of sp³-hybridized carbons (Fsp3) is 0.500. The Labute approximate surface area is 130 Å². The molecule has 1 unspecified atom stereocenters. The molecule has 2 amide bonds. The van der Waals surface area contributed by atoms with E-state index in [0.717, 1.165) is 24.3 Å². The van der Waals surface area contributed by atoms with Gasteiger partial charge in [0.05, 0.1) is 19.6 Å². The van der Waals surface area contributed by atoms with Gasteiger partial charge in [0.15, 0.2) is 0 Å². The molecule has 0 saturated carbocycles. The molecule has 1 aromatic rings. The van der Waals surface area contributed by atoms with Crippen LogP contribution in [-0.4, -0.2) is 43.7 Å². The third-order valence-electron chi connectivity index (χ3n) is 3.66. The Morgan fingerprint density at radius 1 is 1.32 bits per heavy atom. The van der Waals surface area contributed by atoms with Crippen molar-refractivity contribution in [3.8, 4) is 5.75 Å². The van der Waals surface area contributed by atoms with E-state index in [-0.39, 0.29) is 17.9 Å². The average Bonchev–Trinajstić information content (AvgIpc) is 2.56. The second kappa shape index (κ2) is 7.68. The van der Waals surface area contributed by atoms with E-state index in [0.29, 0.717) is 19.7 Å². The van der Waals surface area contributed by atoms with E-state index >= 15 is 0 Å². The summed E-state index contributed by atoms with van der Waals surface area (Å²) >= 11 is 0. The molecule has 1 aromatic carbocycles. The fourth-order valence-electron chi connectivity index (χ4n) is 2.53. The molecule has 1 N–H and O–H groups in total. The molecule has 1 aliphatic rings. The normalized spacial score (nSPS) is 17.7. The first-order chi connectivity index (χ1) is 10.6. The maximum atomic E-state index is 12.3. The lowest BCUT2D eigenvalue weighted by Crippen LogP contribution is -2.43. The predicted octanol–water partition coefficient (Wildman–Crippen LogP) is 2.50. The summed E-state index contributed by atoms with van der Waals surface area (Å²) in [6.07, 6.45) is 1.20. The fourth-order valence-corrected chi connectivity index (χ4v) is 2.53. The number of nitrogens with one attached hydrogen (secondary N) is 1. The van der Waals surface area contributed by atoms with Crippen LogP contribution < -0.4 is 10.1 Å². The second-order valence-electron chi connectivity index (χ2n) is 5.20. The standard InChI is InChI=1S/C16H22N2O4/c1-3-22-14-8-6-13(7-9-14)17-15(19)12-5-4-10-18(11-12)16(20)21-2/h6-9,12H,3-5,10-11H2,1-2H3,(H,17,19). The lowest BCUT2D eigenvalue weighted by Gasteiger charge is -2.30. The second-order valence-corrected chi connectivity index (χ2v) is 5.20. The minimum Gasteiger partial charge on any atom is -0.494 e. The summed E-state index contributed by atoms with van der Waals surface area (Å²) in [4.78, 5) is 25.4. The lowest BCUT2D eigenvalue weighted by atomic mass is 9.97. The zero-order chi connectivity index (χ0) is 15.9. The minimum absolute atomic E-state index is 0.0715. The first-order valence-electron chi connectivity index (χ1n) is 7.50. The van der Waals surface area contributed by atoms with Gasteiger partial charge >= 0.3 is 6.09 Å². The van der Waals surface area contributed by atoms with Gasteiger partial charge < -0.3 is 19.7 Å². The van der Waals surface area contributed by atoms with Crippen molar-refractivity contribution in [1.82, 2.24) is 4.90 Å². The number of hydrogen-bond donors (Lipinski definition) is 1. The quantitative estimate of drug-likeness (QED) is 0.928. The van der Waals surface area contributed by atoms with E-state index < -0.39 is 0 Å². The number of hydrogen-bond acceptors (Lipinski definition) is 4. The molecule has 6 heteroatoms. The lowest BCUT2D eigenvalue weighted by molar-refractivity contribution is -0.121. The minimum atomic E-state index is -0.376. The van der Waals surface area contributed by atoms with Crippen LogP contribution in [0.1, 0.15) is 19.8 Å². The number of carbonyl (C=O) groups excluding carboxylic acids is 2. The number of amides is 2. The molecular weight excluding hydrogens is 284 g/mol. The van der Waals surface area contributed by atoms with E-state index in [1.165, 1.54) is 7.11 Å². The summed E-state index contributed by atoms with van der Waals surface area (Å²) in [6, 6.07) is 7.26. The molecule has 1 aliphatic heterocycles. The summed E-state index contributed by atoms with van der Waals surface area (Å²) in [6.45, 7) is 3.57. The van der Waals surface area contributed by atoms with Gasteiger partial charge in [-0.15, -0.1) is 0 Å². The summed E-state index contributed by atoms with van der Waals surface area (Å²) in [5.41, 5.74) is 0.726. The summed E-state index contributed by atoms with van der Waals surface area (Å²) in [5, 5.41) is 2.89. The molecule has 6 nitrogen and oxygen atoms in total. The molecule has 2 rings (SSSR count). The Kier molecular flexibility index (Phi) is 5.63. The number of piperidine rings is 1. The topological polar surface area (TPSA) is 67.9 Å². The number of ether oxygens (including phenoxy) is 2. The third-order valence-corrected chi connectivity index (χ3v) is 3.66. The van der Waals surface area contributed by atoms with E-state index in [1.807, 2.05) is 31.2 Å². The number of nitrogens with zero attached hydrogens (tertiary/aromatic N) is 1. The van der Waals surface area contributed by atoms with Gasteiger partial charge in [0, 0.05) is 18.8 Å². The number of methoxy groups -OCH3 is 1. The van der Waals surface area contributed by atoms with Gasteiger partial charge in [-0.3, -0.25) is 4.79 Å². The van der Waals surface area contributed by atoms with Crippen LogP contribution in [0.25, 0.3) is 0 Å². The Morgan fingerprint density at radius 3 is 2.68 bits per heavy atom. The van der Waals surface area contributed by atoms with Crippen molar-refractivity contribution in [3.05, 3.63) is 24.3 Å². The highest BCUT2D eigenvalue weighted by atomic mass is 16.5. The largest absolute Gasteiger partial charge is 0.494 e. The zero-order valence-corrected chi connectivity index (χ0v) is 13.0. The molecule has 0 aliphatic carbocycles.